The van der Waals surface area contributed by atoms with E-state index in [1.54, 1.807) is 0 Å². The second-order valence-corrected chi connectivity index (χ2v) is 9.85. The predicted molar refractivity (Wildman–Crippen MR) is 127 cm³/mol. The summed E-state index contributed by atoms with van der Waals surface area (Å²) in [4.78, 5) is 30.8. The van der Waals surface area contributed by atoms with Crippen LogP contribution in [0.5, 0.6) is 0 Å². The van der Waals surface area contributed by atoms with Gasteiger partial charge in [0.1, 0.15) is 11.7 Å². The zero-order valence-electron chi connectivity index (χ0n) is 20.2. The summed E-state index contributed by atoms with van der Waals surface area (Å²) < 4.78 is 15.7. The molecular formula is C26H40FN3O3. The first kappa shape index (κ1) is 25.6. The van der Waals surface area contributed by atoms with E-state index >= 15 is 4.39 Å². The van der Waals surface area contributed by atoms with Crippen LogP contribution in [0.4, 0.5) is 4.39 Å². The Morgan fingerprint density at radius 2 is 1.97 bits per heavy atom. The lowest BCUT2D eigenvalue weighted by Crippen LogP contribution is -2.49. The molecule has 3 rings (SSSR count). The quantitative estimate of drug-likeness (QED) is 0.519. The van der Waals surface area contributed by atoms with Crippen molar-refractivity contribution >= 4 is 11.9 Å². The molecule has 0 aromatic carbocycles. The van der Waals surface area contributed by atoms with E-state index in [4.69, 9.17) is 4.98 Å². The Labute approximate surface area is 197 Å². The van der Waals surface area contributed by atoms with Crippen molar-refractivity contribution < 1.29 is 19.1 Å². The largest absolute Gasteiger partial charge is 0.480 e. The summed E-state index contributed by atoms with van der Waals surface area (Å²) >= 11 is 0. The average Bonchev–Trinajstić information content (AvgIpc) is 2.81. The molecule has 0 unspecified atom stereocenters. The van der Waals surface area contributed by atoms with Crippen molar-refractivity contribution in [2.45, 2.75) is 96.2 Å². The third kappa shape index (κ3) is 7.23. The molecular weight excluding hydrogens is 421 g/mol. The first-order chi connectivity index (χ1) is 15.8. The average molecular weight is 462 g/mol. The number of nitrogens with zero attached hydrogens (tertiary/aromatic N) is 2. The third-order valence-electron chi connectivity index (χ3n) is 7.38. The maximum atomic E-state index is 15.7. The van der Waals surface area contributed by atoms with Crippen molar-refractivity contribution in [1.29, 1.82) is 0 Å². The predicted octanol–water partition coefficient (Wildman–Crippen LogP) is 4.09. The zero-order valence-corrected chi connectivity index (χ0v) is 20.2. The fraction of sp³-hybridized carbons (Fsp3) is 0.731. The molecule has 1 aliphatic heterocycles. The molecule has 2 N–H and O–H groups in total. The van der Waals surface area contributed by atoms with Crippen LogP contribution in [-0.4, -0.2) is 58.2 Å². The molecule has 1 aromatic heterocycles. The van der Waals surface area contributed by atoms with E-state index in [9.17, 15) is 14.7 Å². The molecule has 184 valence electrons. The second-order valence-electron chi connectivity index (χ2n) is 9.85. The van der Waals surface area contributed by atoms with E-state index in [-0.39, 0.29) is 18.2 Å². The summed E-state index contributed by atoms with van der Waals surface area (Å²) in [7, 11) is 0. The molecule has 2 heterocycles. The summed E-state index contributed by atoms with van der Waals surface area (Å²) in [5, 5.41) is 12.2. The van der Waals surface area contributed by atoms with E-state index in [0.717, 1.165) is 31.5 Å². The number of piperidine rings is 1. The number of aromatic nitrogens is 1. The number of rotatable bonds is 11. The number of hydrogen-bond acceptors (Lipinski definition) is 4. The summed E-state index contributed by atoms with van der Waals surface area (Å²) in [5.41, 5.74) is 2.22. The minimum atomic E-state index is -1.28. The lowest BCUT2D eigenvalue weighted by Gasteiger charge is -2.38. The Hall–Kier alpha value is -2.02. The molecule has 0 radical (unpaired) electrons. The number of aryl methyl sites for hydroxylation is 3. The minimum absolute atomic E-state index is 0.169. The van der Waals surface area contributed by atoms with Gasteiger partial charge in [-0.2, -0.15) is 0 Å². The molecule has 7 heteroatoms. The highest BCUT2D eigenvalue weighted by Gasteiger charge is 2.36. The number of nitrogens with one attached hydrogen (secondary N) is 1. The molecule has 2 atom stereocenters. The number of aliphatic carboxylic acids is 1. The zero-order chi connectivity index (χ0) is 23.8. The molecule has 1 aliphatic carbocycles. The standard InChI is InChI=1S/C26H40FN3O3/c1-3-19(4-2)24(31)29-23(25(32)33)13-17-30-16-7-14-26(27,18-30)15-12-21-11-10-20-8-5-6-9-22(20)28-21/h10-11,19,23H,3-9,12-18H2,1-2H3,(H,29,31)(H,32,33)/t23-,26+/m0/s1. The lowest BCUT2D eigenvalue weighted by atomic mass is 9.88. The Morgan fingerprint density at radius 1 is 1.21 bits per heavy atom. The first-order valence-electron chi connectivity index (χ1n) is 12.8. The number of carbonyl (C=O) groups is 2. The van der Waals surface area contributed by atoms with E-state index in [0.29, 0.717) is 45.2 Å². The van der Waals surface area contributed by atoms with Gasteiger partial charge in [0.05, 0.1) is 0 Å². The van der Waals surface area contributed by atoms with Gasteiger partial charge in [0, 0.05) is 30.4 Å². The number of likely N-dealkylation sites (tertiary alicyclic amines) is 1. The fourth-order valence-electron chi connectivity index (χ4n) is 5.21. The Kier molecular flexibility index (Phi) is 9.24. The monoisotopic (exact) mass is 461 g/mol. The summed E-state index contributed by atoms with van der Waals surface area (Å²) in [6.45, 7) is 5.39. The van der Waals surface area contributed by atoms with Crippen LogP contribution in [0.3, 0.4) is 0 Å². The maximum absolute atomic E-state index is 15.7. The Bertz CT molecular complexity index is 814. The molecule has 1 aromatic rings. The number of alkyl halides is 1. The van der Waals surface area contributed by atoms with E-state index in [1.807, 2.05) is 24.8 Å². The topological polar surface area (TPSA) is 82.5 Å². The minimum Gasteiger partial charge on any atom is -0.480 e. The normalized spacial score (nSPS) is 22.1. The number of amides is 1. The molecule has 33 heavy (non-hydrogen) atoms. The highest BCUT2D eigenvalue weighted by atomic mass is 19.1. The van der Waals surface area contributed by atoms with Crippen molar-refractivity contribution in [2.75, 3.05) is 19.6 Å². The van der Waals surface area contributed by atoms with Gasteiger partial charge in [-0.25, -0.2) is 9.18 Å². The van der Waals surface area contributed by atoms with Gasteiger partial charge in [0.15, 0.2) is 0 Å². The van der Waals surface area contributed by atoms with Gasteiger partial charge < -0.3 is 15.3 Å². The Balaban J connectivity index is 1.51. The maximum Gasteiger partial charge on any atom is 0.326 e. The van der Waals surface area contributed by atoms with Crippen LogP contribution in [0.25, 0.3) is 0 Å². The summed E-state index contributed by atoms with van der Waals surface area (Å²) in [6, 6.07) is 3.28. The van der Waals surface area contributed by atoms with E-state index in [2.05, 4.69) is 11.4 Å². The van der Waals surface area contributed by atoms with Gasteiger partial charge in [0.25, 0.3) is 0 Å². The van der Waals surface area contributed by atoms with Gasteiger partial charge in [-0.15, -0.1) is 0 Å². The Morgan fingerprint density at radius 3 is 2.70 bits per heavy atom. The number of carbonyl (C=O) groups excluding carboxylic acids is 1. The number of hydrogen-bond donors (Lipinski definition) is 2. The molecule has 6 nitrogen and oxygen atoms in total. The number of carboxylic acid groups (broad SMARTS) is 1. The highest BCUT2D eigenvalue weighted by Crippen LogP contribution is 2.30. The number of halogens is 1. The van der Waals surface area contributed by atoms with Crippen molar-refractivity contribution in [3.63, 3.8) is 0 Å². The van der Waals surface area contributed by atoms with Gasteiger partial charge >= 0.3 is 5.97 Å². The van der Waals surface area contributed by atoms with Gasteiger partial charge in [-0.05, 0) is 88.8 Å². The van der Waals surface area contributed by atoms with Crippen molar-refractivity contribution in [1.82, 2.24) is 15.2 Å². The van der Waals surface area contributed by atoms with E-state index in [1.165, 1.54) is 24.1 Å². The lowest BCUT2D eigenvalue weighted by molar-refractivity contribution is -0.142. The molecule has 0 spiro atoms. The molecule has 1 amide bonds. The summed E-state index contributed by atoms with van der Waals surface area (Å²) in [6.07, 6.45) is 8.52. The van der Waals surface area contributed by atoms with Crippen LogP contribution >= 0.6 is 0 Å². The third-order valence-corrected chi connectivity index (χ3v) is 7.38. The van der Waals surface area contributed by atoms with Gasteiger partial charge in [-0.3, -0.25) is 9.78 Å². The smallest absolute Gasteiger partial charge is 0.326 e. The second kappa shape index (κ2) is 11.9. The van der Waals surface area contributed by atoms with Crippen LogP contribution in [0.15, 0.2) is 12.1 Å². The van der Waals surface area contributed by atoms with Crippen LogP contribution < -0.4 is 5.32 Å². The van der Waals surface area contributed by atoms with Gasteiger partial charge in [-0.1, -0.05) is 19.9 Å². The number of pyridine rings is 1. The van der Waals surface area contributed by atoms with Crippen LogP contribution in [0.2, 0.25) is 0 Å². The molecule has 1 fully saturated rings. The first-order valence-corrected chi connectivity index (χ1v) is 12.8. The van der Waals surface area contributed by atoms with Crippen molar-refractivity contribution in [3.8, 4) is 0 Å². The van der Waals surface area contributed by atoms with Crippen molar-refractivity contribution in [2.24, 2.45) is 5.92 Å². The highest BCUT2D eigenvalue weighted by molar-refractivity contribution is 5.84. The van der Waals surface area contributed by atoms with Crippen LogP contribution in [-0.2, 0) is 28.9 Å². The molecule has 2 aliphatic rings. The van der Waals surface area contributed by atoms with Crippen LogP contribution in [0.1, 0.15) is 82.2 Å². The fourth-order valence-corrected chi connectivity index (χ4v) is 5.21. The van der Waals surface area contributed by atoms with Crippen molar-refractivity contribution in [3.05, 3.63) is 29.1 Å². The molecule has 1 saturated heterocycles. The van der Waals surface area contributed by atoms with E-state index < -0.39 is 17.7 Å². The van der Waals surface area contributed by atoms with Gasteiger partial charge in [0.2, 0.25) is 5.91 Å². The molecule has 0 saturated carbocycles. The molecule has 0 bridgehead atoms. The number of carboxylic acids is 1. The SMILES string of the molecule is CCC(CC)C(=O)N[C@@H](CCN1CCC[C@@](F)(CCc2ccc3c(n2)CCCC3)C1)C(=O)O. The van der Waals surface area contributed by atoms with Crippen LogP contribution in [0, 0.1) is 5.92 Å². The summed E-state index contributed by atoms with van der Waals surface area (Å²) in [5.74, 6) is -1.41. The number of fused-ring (bicyclic) bond motifs is 1.